The Morgan fingerprint density at radius 1 is 0.329 bits per heavy atom. The molecule has 0 aromatic heterocycles. The van der Waals surface area contributed by atoms with Crippen molar-refractivity contribution in [3.8, 4) is 0 Å². The normalized spacial score (nSPS) is 15.5. The van der Waals surface area contributed by atoms with Gasteiger partial charge in [0.1, 0.15) is 72.5 Å². The largest absolute Gasteiger partial charge is 0.370 e. The second-order valence-corrected chi connectivity index (χ2v) is 40.7. The molecule has 0 spiro atoms. The molecule has 41 heteroatoms. The van der Waals surface area contributed by atoms with Crippen LogP contribution in [0.4, 0.5) is 0 Å². The second-order valence-electron chi connectivity index (χ2n) is 40.7. The third kappa shape index (κ3) is 62.2. The Bertz CT molecular complexity index is 3830. The lowest BCUT2D eigenvalue weighted by Gasteiger charge is -2.33. The second kappa shape index (κ2) is 82.7. The fourth-order valence-corrected chi connectivity index (χ4v) is 17.9. The van der Waals surface area contributed by atoms with Crippen molar-refractivity contribution >= 4 is 106 Å². The number of primary amides is 1. The molecule has 840 valence electrons. The van der Waals surface area contributed by atoms with Gasteiger partial charge in [0.2, 0.25) is 88.6 Å². The summed E-state index contributed by atoms with van der Waals surface area (Å²) < 4.78 is 0. The van der Waals surface area contributed by atoms with Gasteiger partial charge in [-0.25, -0.2) is 0 Å². The summed E-state index contributed by atoms with van der Waals surface area (Å²) in [6.07, 6.45) is 44.3. The first-order valence-electron chi connectivity index (χ1n) is 55.8. The van der Waals surface area contributed by atoms with Gasteiger partial charge in [-0.3, -0.25) is 86.9 Å². The molecular formula is C105H200N26O15. The Kier molecular flexibility index (Phi) is 75.8. The lowest BCUT2D eigenvalue weighted by molar-refractivity contribution is -0.148. The molecule has 2 saturated heterocycles. The number of unbranched alkanes of at least 4 members (excludes halogenated alkanes) is 29. The van der Waals surface area contributed by atoms with Crippen molar-refractivity contribution in [1.29, 1.82) is 0 Å². The van der Waals surface area contributed by atoms with Crippen LogP contribution in [0.3, 0.4) is 0 Å². The molecule has 0 bridgehead atoms. The molecule has 2 aliphatic rings. The third-order valence-electron chi connectivity index (χ3n) is 26.7. The van der Waals surface area contributed by atoms with E-state index in [4.69, 9.17) is 51.6 Å². The van der Waals surface area contributed by atoms with Crippen molar-refractivity contribution in [1.82, 2.24) is 73.6 Å². The molecule has 2 aliphatic heterocycles. The Morgan fingerprint density at radius 3 is 1.10 bits per heavy atom. The van der Waals surface area contributed by atoms with Crippen molar-refractivity contribution in [2.45, 2.75) is 483 Å². The molecule has 0 aromatic carbocycles. The van der Waals surface area contributed by atoms with Crippen molar-refractivity contribution in [2.24, 2.45) is 84.3 Å². The van der Waals surface area contributed by atoms with Gasteiger partial charge >= 0.3 is 0 Å². The van der Waals surface area contributed by atoms with Crippen LogP contribution in [0.2, 0.25) is 0 Å². The molecule has 2 fully saturated rings. The summed E-state index contributed by atoms with van der Waals surface area (Å²) in [6, 6.07) is -12.6. The van der Waals surface area contributed by atoms with Gasteiger partial charge < -0.3 is 125 Å². The van der Waals surface area contributed by atoms with Gasteiger partial charge in [0.25, 0.3) is 0 Å². The maximum absolute atomic E-state index is 14.5. The number of carbonyl (C=O) groups is 15. The average Bonchev–Trinajstić information content (AvgIpc) is 1.65. The number of nitrogens with two attached hydrogens (primary N) is 9. The van der Waals surface area contributed by atoms with Crippen LogP contribution in [0.15, 0.2) is 15.0 Å². The van der Waals surface area contributed by atoms with E-state index in [1.807, 2.05) is 20.8 Å². The SMILES string of the molecule is CCC(C)[C@H](NC(C)=O)C(=O)N[C@@H](CCCN=C(N)N)C(=O)N[C@@H](CCCN=C(N)N)C(=O)N[C@H](C(=O)N[C@@H](C)C(=O)N[C@@H](CCCN=C(N)N)C(=O)N1CCCC1C(=O)N1CCCC1C(=O)N[C@@H](CC(C)C)C(N)=O)C(C)C.CCCCCCCCCCCCCCCC(=O)NCCCC[C@H](NC(=O)CCCCCCCCCCCCCCC)C(=O)N[C@@H](CCCCN)C(=O)N[C@@H](CCCCN)C(=O)NCCCCC. The molecule has 2 heterocycles. The summed E-state index contributed by atoms with van der Waals surface area (Å²) >= 11 is 0. The minimum Gasteiger partial charge on any atom is -0.370 e. The first-order valence-corrected chi connectivity index (χ1v) is 55.8. The molecule has 30 N–H and O–H groups in total. The number of hydrogen-bond donors (Lipinski definition) is 21. The van der Waals surface area contributed by atoms with Crippen LogP contribution < -0.4 is 115 Å². The summed E-state index contributed by atoms with van der Waals surface area (Å²) in [5.74, 6) is -9.09. The first kappa shape index (κ1) is 134. The molecular weight excluding hydrogens is 1870 g/mol. The van der Waals surface area contributed by atoms with E-state index in [1.165, 1.54) is 158 Å². The van der Waals surface area contributed by atoms with Gasteiger partial charge in [0, 0.05) is 65.6 Å². The number of guanidine groups is 3. The summed E-state index contributed by atoms with van der Waals surface area (Å²) in [5.41, 5.74) is 50.2. The predicted molar refractivity (Wildman–Crippen MR) is 579 cm³/mol. The highest BCUT2D eigenvalue weighted by Gasteiger charge is 2.45. The fraction of sp³-hybridized carbons (Fsp3) is 0.829. The summed E-state index contributed by atoms with van der Waals surface area (Å²) in [6.45, 7) is 22.6. The molecule has 3 unspecified atom stereocenters. The van der Waals surface area contributed by atoms with Gasteiger partial charge in [-0.2, -0.15) is 0 Å². The maximum atomic E-state index is 14.5. The van der Waals surface area contributed by atoms with Gasteiger partial charge in [-0.15, -0.1) is 0 Å². The van der Waals surface area contributed by atoms with E-state index in [0.717, 1.165) is 57.8 Å². The molecule has 0 aliphatic carbocycles. The molecule has 0 radical (unpaired) electrons. The van der Waals surface area contributed by atoms with E-state index in [0.29, 0.717) is 122 Å². The Labute approximate surface area is 873 Å². The smallest absolute Gasteiger partial charge is 0.246 e. The average molecular weight is 2070 g/mol. The van der Waals surface area contributed by atoms with Crippen LogP contribution in [0, 0.1) is 17.8 Å². The predicted octanol–water partition coefficient (Wildman–Crippen LogP) is 7.05. The van der Waals surface area contributed by atoms with Crippen LogP contribution in [0.1, 0.15) is 410 Å². The van der Waals surface area contributed by atoms with Crippen molar-refractivity contribution < 1.29 is 71.9 Å². The number of hydrogen-bond acceptors (Lipinski definition) is 20. The zero-order valence-electron chi connectivity index (χ0n) is 91.3. The van der Waals surface area contributed by atoms with E-state index in [2.05, 4.69) is 99.5 Å². The van der Waals surface area contributed by atoms with Crippen molar-refractivity contribution in [3.63, 3.8) is 0 Å². The van der Waals surface area contributed by atoms with Gasteiger partial charge in [0.05, 0.1) is 0 Å². The van der Waals surface area contributed by atoms with Crippen LogP contribution >= 0.6 is 0 Å². The van der Waals surface area contributed by atoms with Crippen molar-refractivity contribution in [3.05, 3.63) is 0 Å². The number of rotatable bonds is 84. The van der Waals surface area contributed by atoms with Gasteiger partial charge in [-0.05, 0) is 185 Å². The zero-order valence-corrected chi connectivity index (χ0v) is 91.3. The molecule has 15 amide bonds. The minimum absolute atomic E-state index is 0.0133. The molecule has 0 aromatic rings. The van der Waals surface area contributed by atoms with Crippen LogP contribution in [0.5, 0.6) is 0 Å². The molecule has 0 saturated carbocycles. The standard InChI is InChI=1S/C55H109N7O5.C50H91N19O10/c1-4-7-10-12-14-16-18-20-22-24-26-28-30-42-51(63)58-46-38-34-41-49(60-52(64)43-31-29-27-25-23-21-19-17-15-13-11-8-5-2)54(66)62-50(40-33-36-45-57)55(67)61-48(39-32-35-44-56)53(65)59-47-37-9-6-3;1-9-28(6)38(62-30(8)70)45(77)64-31(15-10-20-58-48(52)53)41(73)63-32(16-11-21-59-49(54)55)42(74)67-37(27(4)5)44(76)61-29(7)40(72)65-33(17-12-22-60-50(56)57)46(78)69-24-14-19-36(69)47(79)68-23-13-18-35(68)43(75)66-34(39(51)71)25-26(2)3/h48-50H,4-47,56-57H2,1-3H3,(H,58,63)(H,59,65)(H,60,64)(H,61,67)(H,62,66);26-29,31-38H,9-25H2,1-8H3,(H2,51,71)(H,61,76)(H,62,70)(H,63,73)(H,64,77)(H,65,72)(H,66,75)(H,67,74)(H4,52,53,58)(H4,54,55,59)(H4,56,57,60)/t48-,49-,50-;28?,29-,31-,32-,33-,34-,35?,36?,37-,38-/m00/s1. The highest BCUT2D eigenvalue weighted by molar-refractivity contribution is 6.00. The highest BCUT2D eigenvalue weighted by Crippen LogP contribution is 2.28. The van der Waals surface area contributed by atoms with Gasteiger partial charge in [-0.1, -0.05) is 236 Å². The van der Waals surface area contributed by atoms with E-state index in [1.54, 1.807) is 20.8 Å². The van der Waals surface area contributed by atoms with E-state index in [9.17, 15) is 71.9 Å². The number of aliphatic imine (C=N–C) groups is 3. The highest BCUT2D eigenvalue weighted by atomic mass is 16.2. The Hall–Kier alpha value is -10.2. The molecule has 2 rings (SSSR count). The lowest BCUT2D eigenvalue weighted by Crippen LogP contribution is -2.61. The number of likely N-dealkylation sites (tertiary alicyclic amines) is 2. The number of nitrogens with zero attached hydrogens (tertiary/aromatic N) is 5. The maximum Gasteiger partial charge on any atom is 0.246 e. The van der Waals surface area contributed by atoms with Crippen LogP contribution in [-0.2, 0) is 71.9 Å². The summed E-state index contributed by atoms with van der Waals surface area (Å²) in [5, 5.41) is 33.7. The lowest BCUT2D eigenvalue weighted by atomic mass is 9.97. The number of carbonyl (C=O) groups excluding carboxylic acids is 15. The first-order chi connectivity index (χ1) is 69.8. The number of nitrogens with one attached hydrogen (secondary N) is 12. The third-order valence-corrected chi connectivity index (χ3v) is 26.7. The Morgan fingerprint density at radius 2 is 0.685 bits per heavy atom. The number of amides is 15. The Balaban J connectivity index is 0.00000148. The molecule has 146 heavy (non-hydrogen) atoms. The zero-order chi connectivity index (χ0) is 109. The van der Waals surface area contributed by atoms with E-state index in [-0.39, 0.29) is 125 Å². The summed E-state index contributed by atoms with van der Waals surface area (Å²) in [4.78, 5) is 218. The summed E-state index contributed by atoms with van der Waals surface area (Å²) in [7, 11) is 0. The van der Waals surface area contributed by atoms with E-state index < -0.39 is 149 Å². The molecule has 13 atom stereocenters. The topological polar surface area (TPSA) is 678 Å². The minimum atomic E-state index is -1.32. The molecule has 41 nitrogen and oxygen atoms in total. The van der Waals surface area contributed by atoms with E-state index >= 15 is 0 Å². The fourth-order valence-electron chi connectivity index (χ4n) is 17.9. The van der Waals surface area contributed by atoms with Crippen LogP contribution in [-0.4, -0.2) is 248 Å². The van der Waals surface area contributed by atoms with Crippen LogP contribution in [0.25, 0.3) is 0 Å². The van der Waals surface area contributed by atoms with Crippen molar-refractivity contribution in [2.75, 3.05) is 58.9 Å². The monoisotopic (exact) mass is 2070 g/mol. The quantitative estimate of drug-likeness (QED) is 0.0165. The van der Waals surface area contributed by atoms with Gasteiger partial charge in [0.15, 0.2) is 17.9 Å².